The highest BCUT2D eigenvalue weighted by Crippen LogP contribution is 2.18. The molecule has 0 aromatic heterocycles. The van der Waals surface area contributed by atoms with Crippen LogP contribution in [0.15, 0.2) is 0 Å². The van der Waals surface area contributed by atoms with E-state index in [0.717, 1.165) is 0 Å². The first-order chi connectivity index (χ1) is 5.72. The van der Waals surface area contributed by atoms with Gasteiger partial charge in [0.15, 0.2) is 0 Å². The van der Waals surface area contributed by atoms with Crippen molar-refractivity contribution in [2.75, 3.05) is 14.1 Å². The fourth-order valence-electron chi connectivity index (χ4n) is 2.13. The maximum Gasteiger partial charge on any atom is 0.0241 e. The molecular formula is C10H22N2. The minimum absolute atomic E-state index is 0.403. The van der Waals surface area contributed by atoms with E-state index in [0.29, 0.717) is 12.1 Å². The minimum atomic E-state index is 0.403. The van der Waals surface area contributed by atoms with Crippen LogP contribution < -0.4 is 5.73 Å². The van der Waals surface area contributed by atoms with Gasteiger partial charge in [0.05, 0.1) is 0 Å². The van der Waals surface area contributed by atoms with Crippen LogP contribution in [0.5, 0.6) is 0 Å². The van der Waals surface area contributed by atoms with Gasteiger partial charge in [0, 0.05) is 12.1 Å². The van der Waals surface area contributed by atoms with E-state index in [4.69, 9.17) is 5.73 Å². The van der Waals surface area contributed by atoms with E-state index in [1.165, 1.54) is 38.5 Å². The second-order valence-corrected chi connectivity index (χ2v) is 4.19. The molecule has 2 N–H and O–H groups in total. The molecule has 12 heavy (non-hydrogen) atoms. The van der Waals surface area contributed by atoms with Crippen LogP contribution in [-0.4, -0.2) is 31.1 Å². The van der Waals surface area contributed by atoms with Gasteiger partial charge in [-0.05, 0) is 26.9 Å². The lowest BCUT2D eigenvalue weighted by Crippen LogP contribution is -2.44. The van der Waals surface area contributed by atoms with Gasteiger partial charge in [-0.15, -0.1) is 0 Å². The van der Waals surface area contributed by atoms with E-state index in [-0.39, 0.29) is 0 Å². The van der Waals surface area contributed by atoms with Crippen molar-refractivity contribution in [2.24, 2.45) is 5.73 Å². The molecule has 72 valence electrons. The van der Waals surface area contributed by atoms with Crippen LogP contribution in [0.2, 0.25) is 0 Å². The van der Waals surface area contributed by atoms with Crippen LogP contribution in [0.25, 0.3) is 0 Å². The molecule has 2 heteroatoms. The Bertz CT molecular complexity index is 123. The molecule has 1 aliphatic carbocycles. The summed E-state index contributed by atoms with van der Waals surface area (Å²) in [6, 6.07) is 1.02. The average molecular weight is 170 g/mol. The first-order valence-electron chi connectivity index (χ1n) is 5.14. The van der Waals surface area contributed by atoms with Gasteiger partial charge in [-0.25, -0.2) is 0 Å². The van der Waals surface area contributed by atoms with Crippen molar-refractivity contribution in [3.63, 3.8) is 0 Å². The summed E-state index contributed by atoms with van der Waals surface area (Å²) < 4.78 is 0. The van der Waals surface area contributed by atoms with E-state index >= 15 is 0 Å². The van der Waals surface area contributed by atoms with Crippen molar-refractivity contribution < 1.29 is 0 Å². The predicted octanol–water partition coefficient (Wildman–Crippen LogP) is 1.60. The number of hydrogen-bond donors (Lipinski definition) is 1. The van der Waals surface area contributed by atoms with Crippen molar-refractivity contribution >= 4 is 0 Å². The third-order valence-electron chi connectivity index (χ3n) is 2.94. The summed E-state index contributed by atoms with van der Waals surface area (Å²) in [4.78, 5) is 2.29. The molecule has 2 nitrogen and oxygen atoms in total. The monoisotopic (exact) mass is 170 g/mol. The van der Waals surface area contributed by atoms with Gasteiger partial charge in [-0.3, -0.25) is 0 Å². The van der Waals surface area contributed by atoms with E-state index in [2.05, 4.69) is 19.0 Å². The zero-order chi connectivity index (χ0) is 8.97. The normalized spacial score (nSPS) is 33.0. The Morgan fingerprint density at radius 2 is 1.58 bits per heavy atom. The number of rotatable bonds is 1. The zero-order valence-corrected chi connectivity index (χ0v) is 8.42. The third-order valence-corrected chi connectivity index (χ3v) is 2.94. The minimum Gasteiger partial charge on any atom is -0.326 e. The first kappa shape index (κ1) is 10.0. The van der Waals surface area contributed by atoms with Crippen molar-refractivity contribution in [1.29, 1.82) is 0 Å². The van der Waals surface area contributed by atoms with Gasteiger partial charge in [0.2, 0.25) is 0 Å². The molecule has 0 aliphatic heterocycles. The van der Waals surface area contributed by atoms with E-state index < -0.39 is 0 Å². The second kappa shape index (κ2) is 4.83. The summed E-state index contributed by atoms with van der Waals surface area (Å²) in [6.07, 6.45) is 7.96. The molecule has 0 aromatic carbocycles. The Labute approximate surface area is 76.1 Å². The van der Waals surface area contributed by atoms with Gasteiger partial charge in [-0.1, -0.05) is 25.7 Å². The third kappa shape index (κ3) is 2.76. The van der Waals surface area contributed by atoms with Crippen molar-refractivity contribution in [3.8, 4) is 0 Å². The Morgan fingerprint density at radius 3 is 2.17 bits per heavy atom. The Kier molecular flexibility index (Phi) is 4.02. The molecule has 1 saturated carbocycles. The quantitative estimate of drug-likeness (QED) is 0.647. The molecule has 0 bridgehead atoms. The molecule has 1 rings (SSSR count). The van der Waals surface area contributed by atoms with Crippen LogP contribution in [-0.2, 0) is 0 Å². The topological polar surface area (TPSA) is 29.3 Å². The summed E-state index contributed by atoms with van der Waals surface area (Å²) in [5, 5.41) is 0. The predicted molar refractivity (Wildman–Crippen MR) is 53.2 cm³/mol. The molecule has 1 aliphatic rings. The van der Waals surface area contributed by atoms with E-state index in [1.54, 1.807) is 0 Å². The summed E-state index contributed by atoms with van der Waals surface area (Å²) in [7, 11) is 4.29. The smallest absolute Gasteiger partial charge is 0.0241 e. The summed E-state index contributed by atoms with van der Waals surface area (Å²) in [5.41, 5.74) is 6.11. The standard InChI is InChI=1S/C10H22N2/c1-12(2)10-8-6-4-3-5-7-9(10)11/h9-10H,3-8,11H2,1-2H3/t9-,10-/m0/s1. The second-order valence-electron chi connectivity index (χ2n) is 4.19. The molecule has 0 aromatic rings. The molecule has 0 heterocycles. The molecule has 0 radical (unpaired) electrons. The van der Waals surface area contributed by atoms with Gasteiger partial charge >= 0.3 is 0 Å². The van der Waals surface area contributed by atoms with Crippen LogP contribution >= 0.6 is 0 Å². The fraction of sp³-hybridized carbons (Fsp3) is 1.00. The lowest BCUT2D eigenvalue weighted by molar-refractivity contribution is 0.216. The fourth-order valence-corrected chi connectivity index (χ4v) is 2.13. The highest BCUT2D eigenvalue weighted by Gasteiger charge is 2.20. The van der Waals surface area contributed by atoms with Gasteiger partial charge in [0.1, 0.15) is 0 Å². The molecule has 0 saturated heterocycles. The van der Waals surface area contributed by atoms with Crippen molar-refractivity contribution in [2.45, 2.75) is 50.6 Å². The van der Waals surface area contributed by atoms with Crippen LogP contribution in [0, 0.1) is 0 Å². The molecule has 0 spiro atoms. The SMILES string of the molecule is CN(C)[C@H]1CCCCCC[C@@H]1N. The van der Waals surface area contributed by atoms with Crippen molar-refractivity contribution in [3.05, 3.63) is 0 Å². The summed E-state index contributed by atoms with van der Waals surface area (Å²) >= 11 is 0. The van der Waals surface area contributed by atoms with Gasteiger partial charge in [-0.2, -0.15) is 0 Å². The maximum absolute atomic E-state index is 6.11. The maximum atomic E-state index is 6.11. The number of likely N-dealkylation sites (N-methyl/N-ethyl adjacent to an activating group) is 1. The van der Waals surface area contributed by atoms with Crippen LogP contribution in [0.1, 0.15) is 38.5 Å². The summed E-state index contributed by atoms with van der Waals surface area (Å²) in [5.74, 6) is 0. The molecule has 0 unspecified atom stereocenters. The molecular weight excluding hydrogens is 148 g/mol. The van der Waals surface area contributed by atoms with Crippen LogP contribution in [0.3, 0.4) is 0 Å². The number of nitrogens with two attached hydrogens (primary N) is 1. The Hall–Kier alpha value is -0.0800. The molecule has 2 atom stereocenters. The van der Waals surface area contributed by atoms with Crippen molar-refractivity contribution in [1.82, 2.24) is 4.90 Å². The Balaban J connectivity index is 2.43. The number of hydrogen-bond acceptors (Lipinski definition) is 2. The largest absolute Gasteiger partial charge is 0.326 e. The molecule has 1 fully saturated rings. The molecule has 0 amide bonds. The number of nitrogens with zero attached hydrogens (tertiary/aromatic N) is 1. The van der Waals surface area contributed by atoms with Crippen LogP contribution in [0.4, 0.5) is 0 Å². The highest BCUT2D eigenvalue weighted by molar-refractivity contribution is 4.80. The average Bonchev–Trinajstić information content (AvgIpc) is 1.96. The van der Waals surface area contributed by atoms with Gasteiger partial charge < -0.3 is 10.6 Å². The highest BCUT2D eigenvalue weighted by atomic mass is 15.1. The van der Waals surface area contributed by atoms with E-state index in [9.17, 15) is 0 Å². The Morgan fingerprint density at radius 1 is 1.00 bits per heavy atom. The lowest BCUT2D eigenvalue weighted by Gasteiger charge is -2.31. The zero-order valence-electron chi connectivity index (χ0n) is 8.42. The summed E-state index contributed by atoms with van der Waals surface area (Å²) in [6.45, 7) is 0. The lowest BCUT2D eigenvalue weighted by atomic mass is 9.92. The first-order valence-corrected chi connectivity index (χ1v) is 5.14. The van der Waals surface area contributed by atoms with E-state index in [1.807, 2.05) is 0 Å². The van der Waals surface area contributed by atoms with Gasteiger partial charge in [0.25, 0.3) is 0 Å².